The third-order valence-electron chi connectivity index (χ3n) is 3.34. The zero-order valence-corrected chi connectivity index (χ0v) is 12.1. The standard InChI is InChI=1S/C14H24O6/c1-10(12(15)16)8-6-4-3-5-7-9-11(13(17)18)14(19)20-2/h10-11H,3-9H2,1-2H3,(H,15,16)(H,17,18). The van der Waals surface area contributed by atoms with Gasteiger partial charge in [-0.3, -0.25) is 14.4 Å². The fraction of sp³-hybridized carbons (Fsp3) is 0.786. The molecule has 116 valence electrons. The summed E-state index contributed by atoms with van der Waals surface area (Å²) in [7, 11) is 1.18. The Labute approximate surface area is 119 Å². The van der Waals surface area contributed by atoms with Crippen LogP contribution in [0.25, 0.3) is 0 Å². The van der Waals surface area contributed by atoms with Gasteiger partial charge in [0.1, 0.15) is 0 Å². The smallest absolute Gasteiger partial charge is 0.320 e. The van der Waals surface area contributed by atoms with Crippen molar-refractivity contribution in [3.63, 3.8) is 0 Å². The molecule has 2 atom stereocenters. The number of carboxylic acid groups (broad SMARTS) is 2. The highest BCUT2D eigenvalue weighted by Gasteiger charge is 2.26. The molecule has 0 heterocycles. The Kier molecular flexibility index (Phi) is 9.41. The fourth-order valence-corrected chi connectivity index (χ4v) is 1.94. The Morgan fingerprint density at radius 2 is 1.40 bits per heavy atom. The number of rotatable bonds is 11. The third-order valence-corrected chi connectivity index (χ3v) is 3.34. The molecule has 20 heavy (non-hydrogen) atoms. The molecule has 0 fully saturated rings. The van der Waals surface area contributed by atoms with Gasteiger partial charge in [-0.25, -0.2) is 0 Å². The second-order valence-electron chi connectivity index (χ2n) is 5.00. The Balaban J connectivity index is 3.67. The molecule has 0 amide bonds. The van der Waals surface area contributed by atoms with E-state index in [4.69, 9.17) is 10.2 Å². The molecule has 0 aliphatic heterocycles. The molecular weight excluding hydrogens is 264 g/mol. The van der Waals surface area contributed by atoms with Gasteiger partial charge in [0, 0.05) is 0 Å². The van der Waals surface area contributed by atoms with Gasteiger partial charge >= 0.3 is 17.9 Å². The molecule has 0 saturated carbocycles. The van der Waals surface area contributed by atoms with Gasteiger partial charge in [0.25, 0.3) is 0 Å². The van der Waals surface area contributed by atoms with Gasteiger partial charge in [-0.05, 0) is 12.8 Å². The van der Waals surface area contributed by atoms with E-state index in [1.165, 1.54) is 7.11 Å². The largest absolute Gasteiger partial charge is 0.481 e. The Bertz CT molecular complexity index is 326. The van der Waals surface area contributed by atoms with E-state index >= 15 is 0 Å². The van der Waals surface area contributed by atoms with Crippen molar-refractivity contribution >= 4 is 17.9 Å². The zero-order valence-electron chi connectivity index (χ0n) is 12.1. The van der Waals surface area contributed by atoms with Crippen LogP contribution in [0.4, 0.5) is 0 Å². The van der Waals surface area contributed by atoms with Crippen LogP contribution >= 0.6 is 0 Å². The highest BCUT2D eigenvalue weighted by atomic mass is 16.5. The van der Waals surface area contributed by atoms with Gasteiger partial charge in [0.15, 0.2) is 5.92 Å². The molecule has 6 heteroatoms. The molecule has 2 unspecified atom stereocenters. The predicted octanol–water partition coefficient (Wildman–Crippen LogP) is 2.31. The summed E-state index contributed by atoms with van der Waals surface area (Å²) in [5.74, 6) is -4.01. The van der Waals surface area contributed by atoms with E-state index in [1.807, 2.05) is 0 Å². The SMILES string of the molecule is COC(=O)C(CCCCCCCC(C)C(=O)O)C(=O)O. The first-order valence-corrected chi connectivity index (χ1v) is 6.93. The van der Waals surface area contributed by atoms with E-state index in [0.29, 0.717) is 12.8 Å². The molecule has 0 aromatic rings. The molecular formula is C14H24O6. The van der Waals surface area contributed by atoms with Crippen LogP contribution in [0.5, 0.6) is 0 Å². The molecule has 6 nitrogen and oxygen atoms in total. The highest BCUT2D eigenvalue weighted by Crippen LogP contribution is 2.15. The topological polar surface area (TPSA) is 101 Å². The average molecular weight is 288 g/mol. The van der Waals surface area contributed by atoms with Crippen LogP contribution in [0, 0.1) is 11.8 Å². The van der Waals surface area contributed by atoms with Crippen molar-refractivity contribution in [1.82, 2.24) is 0 Å². The minimum Gasteiger partial charge on any atom is -0.481 e. The zero-order chi connectivity index (χ0) is 15.5. The molecule has 0 aromatic heterocycles. The monoisotopic (exact) mass is 288 g/mol. The van der Waals surface area contributed by atoms with Crippen molar-refractivity contribution in [2.75, 3.05) is 7.11 Å². The van der Waals surface area contributed by atoms with Crippen molar-refractivity contribution in [3.05, 3.63) is 0 Å². The Hall–Kier alpha value is -1.59. The van der Waals surface area contributed by atoms with E-state index < -0.39 is 23.8 Å². The Morgan fingerprint density at radius 3 is 1.85 bits per heavy atom. The lowest BCUT2D eigenvalue weighted by atomic mass is 9.99. The summed E-state index contributed by atoms with van der Waals surface area (Å²) in [6, 6.07) is 0. The van der Waals surface area contributed by atoms with Gasteiger partial charge in [0.05, 0.1) is 13.0 Å². The lowest BCUT2D eigenvalue weighted by Crippen LogP contribution is -2.24. The lowest BCUT2D eigenvalue weighted by molar-refractivity contribution is -0.157. The predicted molar refractivity (Wildman–Crippen MR) is 72.3 cm³/mol. The summed E-state index contributed by atoms with van der Waals surface area (Å²) in [6.07, 6.45) is 5.13. The minimum atomic E-state index is -1.15. The van der Waals surface area contributed by atoms with E-state index in [1.54, 1.807) is 6.92 Å². The molecule has 0 aliphatic rings. The molecule has 2 N–H and O–H groups in total. The number of carbonyl (C=O) groups excluding carboxylic acids is 1. The summed E-state index contributed by atoms with van der Waals surface area (Å²) >= 11 is 0. The van der Waals surface area contributed by atoms with Gasteiger partial charge in [-0.1, -0.05) is 39.0 Å². The van der Waals surface area contributed by atoms with E-state index in [0.717, 1.165) is 25.7 Å². The first-order valence-electron chi connectivity index (χ1n) is 6.93. The van der Waals surface area contributed by atoms with Gasteiger partial charge in [0.2, 0.25) is 0 Å². The van der Waals surface area contributed by atoms with Crippen molar-refractivity contribution in [2.45, 2.75) is 51.9 Å². The first kappa shape index (κ1) is 18.4. The second kappa shape index (κ2) is 10.2. The molecule has 0 aliphatic carbocycles. The van der Waals surface area contributed by atoms with E-state index in [-0.39, 0.29) is 12.3 Å². The molecule has 0 aromatic carbocycles. The summed E-state index contributed by atoms with van der Waals surface area (Å²) in [5, 5.41) is 17.6. The van der Waals surface area contributed by atoms with Crippen LogP contribution in [-0.2, 0) is 19.1 Å². The van der Waals surface area contributed by atoms with Crippen LogP contribution in [0.1, 0.15) is 51.9 Å². The van der Waals surface area contributed by atoms with Crippen molar-refractivity contribution in [3.8, 4) is 0 Å². The number of unbranched alkanes of at least 4 members (excludes halogenated alkanes) is 4. The van der Waals surface area contributed by atoms with Gasteiger partial charge < -0.3 is 14.9 Å². The highest BCUT2D eigenvalue weighted by molar-refractivity contribution is 5.93. The number of aliphatic carboxylic acids is 2. The van der Waals surface area contributed by atoms with Crippen LogP contribution in [-0.4, -0.2) is 35.2 Å². The fourth-order valence-electron chi connectivity index (χ4n) is 1.94. The first-order chi connectivity index (χ1) is 9.40. The van der Waals surface area contributed by atoms with Crippen molar-refractivity contribution in [1.29, 1.82) is 0 Å². The summed E-state index contributed by atoms with van der Waals surface area (Å²) < 4.78 is 4.44. The molecule has 0 spiro atoms. The second-order valence-corrected chi connectivity index (χ2v) is 5.00. The number of methoxy groups -OCH3 is 1. The molecule has 0 bridgehead atoms. The number of carboxylic acids is 2. The summed E-state index contributed by atoms with van der Waals surface area (Å²) in [6.45, 7) is 1.69. The van der Waals surface area contributed by atoms with E-state index in [2.05, 4.69) is 4.74 Å². The molecule has 0 rings (SSSR count). The van der Waals surface area contributed by atoms with Crippen LogP contribution in [0.3, 0.4) is 0 Å². The third kappa shape index (κ3) is 7.76. The maximum Gasteiger partial charge on any atom is 0.320 e. The normalized spacial score (nSPS) is 13.5. The van der Waals surface area contributed by atoms with Crippen LogP contribution in [0.15, 0.2) is 0 Å². The number of carbonyl (C=O) groups is 3. The summed E-state index contributed by atoms with van der Waals surface area (Å²) in [4.78, 5) is 32.6. The lowest BCUT2D eigenvalue weighted by Gasteiger charge is -2.09. The maximum atomic E-state index is 11.2. The van der Waals surface area contributed by atoms with Crippen molar-refractivity contribution in [2.24, 2.45) is 11.8 Å². The maximum absolute atomic E-state index is 11.2. The molecule has 0 radical (unpaired) electrons. The van der Waals surface area contributed by atoms with Crippen LogP contribution in [0.2, 0.25) is 0 Å². The molecule has 0 saturated heterocycles. The van der Waals surface area contributed by atoms with Gasteiger partial charge in [-0.2, -0.15) is 0 Å². The van der Waals surface area contributed by atoms with E-state index in [9.17, 15) is 14.4 Å². The average Bonchev–Trinajstić information content (AvgIpc) is 2.40. The van der Waals surface area contributed by atoms with Crippen LogP contribution < -0.4 is 0 Å². The van der Waals surface area contributed by atoms with Crippen molar-refractivity contribution < 1.29 is 29.3 Å². The number of ether oxygens (including phenoxy) is 1. The van der Waals surface area contributed by atoms with Gasteiger partial charge in [-0.15, -0.1) is 0 Å². The number of esters is 1. The number of hydrogen-bond acceptors (Lipinski definition) is 4. The number of hydrogen-bond donors (Lipinski definition) is 2. The quantitative estimate of drug-likeness (QED) is 0.344. The summed E-state index contributed by atoms with van der Waals surface area (Å²) in [5.41, 5.74) is 0. The Morgan fingerprint density at radius 1 is 0.900 bits per heavy atom. The minimum absolute atomic E-state index is 0.285.